The van der Waals surface area contributed by atoms with Crippen molar-refractivity contribution >= 4 is 9.84 Å². The summed E-state index contributed by atoms with van der Waals surface area (Å²) in [5, 5.41) is 10.1. The summed E-state index contributed by atoms with van der Waals surface area (Å²) in [6.45, 7) is 0.835. The Balaban J connectivity index is 1.88. The van der Waals surface area contributed by atoms with E-state index >= 15 is 0 Å². The Morgan fingerprint density at radius 2 is 1.89 bits per heavy atom. The standard InChI is InChI=1S/C13H25NO3S/c1-14(12-7-8-18(16,17)10-12)9-11-5-3-2-4-6-13(11)15/h11-13,15H,2-10H2,1H3. The van der Waals surface area contributed by atoms with Gasteiger partial charge in [-0.25, -0.2) is 8.42 Å². The summed E-state index contributed by atoms with van der Waals surface area (Å²) >= 11 is 0. The van der Waals surface area contributed by atoms with E-state index in [1.165, 1.54) is 12.8 Å². The number of hydrogen-bond acceptors (Lipinski definition) is 4. The van der Waals surface area contributed by atoms with E-state index in [0.29, 0.717) is 17.4 Å². The molecule has 5 heteroatoms. The van der Waals surface area contributed by atoms with Crippen molar-refractivity contribution in [2.45, 2.75) is 50.7 Å². The molecule has 1 aliphatic heterocycles. The molecule has 1 heterocycles. The number of rotatable bonds is 3. The van der Waals surface area contributed by atoms with Crippen LogP contribution in [0.4, 0.5) is 0 Å². The number of sulfone groups is 1. The van der Waals surface area contributed by atoms with E-state index in [9.17, 15) is 13.5 Å². The molecular weight excluding hydrogens is 250 g/mol. The molecule has 1 saturated heterocycles. The van der Waals surface area contributed by atoms with Crippen molar-refractivity contribution in [1.82, 2.24) is 4.90 Å². The molecule has 1 saturated carbocycles. The lowest BCUT2D eigenvalue weighted by molar-refractivity contribution is 0.0719. The Morgan fingerprint density at radius 1 is 1.17 bits per heavy atom. The highest BCUT2D eigenvalue weighted by Gasteiger charge is 2.32. The highest BCUT2D eigenvalue weighted by molar-refractivity contribution is 7.91. The van der Waals surface area contributed by atoms with Crippen LogP contribution in [0.15, 0.2) is 0 Å². The van der Waals surface area contributed by atoms with Crippen LogP contribution in [0, 0.1) is 5.92 Å². The molecule has 0 aromatic rings. The molecule has 0 radical (unpaired) electrons. The third kappa shape index (κ3) is 3.68. The Morgan fingerprint density at radius 3 is 2.56 bits per heavy atom. The Bertz CT molecular complexity index is 368. The number of nitrogens with zero attached hydrogens (tertiary/aromatic N) is 1. The summed E-state index contributed by atoms with van der Waals surface area (Å²) in [5.74, 6) is 0.947. The maximum atomic E-state index is 11.5. The van der Waals surface area contributed by atoms with Crippen molar-refractivity contribution in [3.63, 3.8) is 0 Å². The number of aliphatic hydroxyl groups is 1. The lowest BCUT2D eigenvalue weighted by atomic mass is 9.96. The Hall–Kier alpha value is -0.130. The monoisotopic (exact) mass is 275 g/mol. The van der Waals surface area contributed by atoms with Crippen molar-refractivity contribution < 1.29 is 13.5 Å². The van der Waals surface area contributed by atoms with Crippen LogP contribution in [0.3, 0.4) is 0 Å². The van der Waals surface area contributed by atoms with E-state index in [1.54, 1.807) is 0 Å². The van der Waals surface area contributed by atoms with Gasteiger partial charge in [0.15, 0.2) is 9.84 Å². The highest BCUT2D eigenvalue weighted by Crippen LogP contribution is 2.26. The average molecular weight is 275 g/mol. The van der Waals surface area contributed by atoms with Crippen LogP contribution in [0.5, 0.6) is 0 Å². The van der Waals surface area contributed by atoms with Gasteiger partial charge in [0.25, 0.3) is 0 Å². The minimum absolute atomic E-state index is 0.158. The van der Waals surface area contributed by atoms with Gasteiger partial charge in [-0.1, -0.05) is 19.3 Å². The molecule has 2 rings (SSSR count). The first kappa shape index (κ1) is 14.3. The van der Waals surface area contributed by atoms with E-state index in [2.05, 4.69) is 4.90 Å². The topological polar surface area (TPSA) is 57.6 Å². The fourth-order valence-electron chi connectivity index (χ4n) is 3.22. The number of hydrogen-bond donors (Lipinski definition) is 1. The first-order valence-corrected chi connectivity index (χ1v) is 8.89. The van der Waals surface area contributed by atoms with Crippen LogP contribution in [-0.4, -0.2) is 55.7 Å². The Kier molecular flexibility index (Phi) is 4.67. The van der Waals surface area contributed by atoms with Crippen molar-refractivity contribution in [3.05, 3.63) is 0 Å². The zero-order valence-electron chi connectivity index (χ0n) is 11.2. The largest absolute Gasteiger partial charge is 0.393 e. The summed E-state index contributed by atoms with van der Waals surface area (Å²) < 4.78 is 23.0. The molecule has 0 aromatic heterocycles. The number of aliphatic hydroxyl groups excluding tert-OH is 1. The van der Waals surface area contributed by atoms with Gasteiger partial charge in [-0.3, -0.25) is 0 Å². The van der Waals surface area contributed by atoms with Gasteiger partial charge < -0.3 is 10.0 Å². The average Bonchev–Trinajstić information content (AvgIpc) is 2.55. The van der Waals surface area contributed by atoms with Crippen LogP contribution in [0.25, 0.3) is 0 Å². The maximum absolute atomic E-state index is 11.5. The molecule has 2 fully saturated rings. The maximum Gasteiger partial charge on any atom is 0.151 e. The lowest BCUT2D eigenvalue weighted by Crippen LogP contribution is -2.39. The second kappa shape index (κ2) is 5.88. The van der Waals surface area contributed by atoms with Crippen LogP contribution in [0.2, 0.25) is 0 Å². The van der Waals surface area contributed by atoms with E-state index in [0.717, 1.165) is 32.2 Å². The summed E-state index contributed by atoms with van der Waals surface area (Å²) in [4.78, 5) is 2.16. The lowest BCUT2D eigenvalue weighted by Gasteiger charge is -2.29. The van der Waals surface area contributed by atoms with E-state index < -0.39 is 9.84 Å². The van der Waals surface area contributed by atoms with Crippen molar-refractivity contribution in [1.29, 1.82) is 0 Å². The predicted octanol–water partition coefficient (Wildman–Crippen LogP) is 1.05. The molecule has 0 spiro atoms. The van der Waals surface area contributed by atoms with Gasteiger partial charge in [-0.15, -0.1) is 0 Å². The SMILES string of the molecule is CN(CC1CCCCCC1O)C1CCS(=O)(=O)C1. The molecule has 1 aliphatic carbocycles. The van der Waals surface area contributed by atoms with Gasteiger partial charge in [0.2, 0.25) is 0 Å². The molecule has 3 atom stereocenters. The van der Waals surface area contributed by atoms with E-state index in [4.69, 9.17) is 0 Å². The van der Waals surface area contributed by atoms with Crippen molar-refractivity contribution in [3.8, 4) is 0 Å². The molecule has 3 unspecified atom stereocenters. The van der Waals surface area contributed by atoms with Crippen LogP contribution < -0.4 is 0 Å². The third-order valence-electron chi connectivity index (χ3n) is 4.47. The quantitative estimate of drug-likeness (QED) is 0.782. The molecule has 0 aromatic carbocycles. The van der Waals surface area contributed by atoms with Crippen LogP contribution >= 0.6 is 0 Å². The highest BCUT2D eigenvalue weighted by atomic mass is 32.2. The fourth-order valence-corrected chi connectivity index (χ4v) is 5.03. The molecule has 1 N–H and O–H groups in total. The predicted molar refractivity (Wildman–Crippen MR) is 72.3 cm³/mol. The smallest absolute Gasteiger partial charge is 0.151 e. The molecule has 2 aliphatic rings. The van der Waals surface area contributed by atoms with Gasteiger partial charge in [0.1, 0.15) is 0 Å². The minimum Gasteiger partial charge on any atom is -0.393 e. The van der Waals surface area contributed by atoms with Crippen LogP contribution in [-0.2, 0) is 9.84 Å². The van der Waals surface area contributed by atoms with Gasteiger partial charge >= 0.3 is 0 Å². The van der Waals surface area contributed by atoms with Crippen molar-refractivity contribution in [2.24, 2.45) is 5.92 Å². The normalized spacial score (nSPS) is 36.7. The van der Waals surface area contributed by atoms with Gasteiger partial charge in [-0.2, -0.15) is 0 Å². The second-order valence-electron chi connectivity index (χ2n) is 5.96. The zero-order valence-corrected chi connectivity index (χ0v) is 12.0. The second-order valence-corrected chi connectivity index (χ2v) is 8.19. The van der Waals surface area contributed by atoms with E-state index in [1.807, 2.05) is 7.05 Å². The van der Waals surface area contributed by atoms with E-state index in [-0.39, 0.29) is 12.1 Å². The minimum atomic E-state index is -2.81. The summed E-state index contributed by atoms with van der Waals surface area (Å²) in [5.41, 5.74) is 0. The van der Waals surface area contributed by atoms with Crippen LogP contribution in [0.1, 0.15) is 38.5 Å². The van der Waals surface area contributed by atoms with Gasteiger partial charge in [0.05, 0.1) is 17.6 Å². The third-order valence-corrected chi connectivity index (χ3v) is 6.22. The summed E-state index contributed by atoms with van der Waals surface area (Å²) in [6.07, 6.45) is 6.06. The molecule has 0 bridgehead atoms. The first-order valence-electron chi connectivity index (χ1n) is 7.07. The summed E-state index contributed by atoms with van der Waals surface area (Å²) in [7, 11) is -0.803. The molecular formula is C13H25NO3S. The van der Waals surface area contributed by atoms with Gasteiger partial charge in [0, 0.05) is 12.6 Å². The van der Waals surface area contributed by atoms with Crippen molar-refractivity contribution in [2.75, 3.05) is 25.1 Å². The zero-order chi connectivity index (χ0) is 13.2. The van der Waals surface area contributed by atoms with Gasteiger partial charge in [-0.05, 0) is 32.2 Å². The first-order chi connectivity index (χ1) is 8.48. The Labute approximate surface area is 110 Å². The molecule has 0 amide bonds. The fraction of sp³-hybridized carbons (Fsp3) is 1.00. The summed E-state index contributed by atoms with van der Waals surface area (Å²) in [6, 6.07) is 0.158. The molecule has 18 heavy (non-hydrogen) atoms. The molecule has 4 nitrogen and oxygen atoms in total. The molecule has 106 valence electrons.